The van der Waals surface area contributed by atoms with Crippen LogP contribution in [-0.4, -0.2) is 13.5 Å². The molecule has 0 amide bonds. The summed E-state index contributed by atoms with van der Waals surface area (Å²) in [6, 6.07) is 54.6. The Hall–Kier alpha value is -5.54. The summed E-state index contributed by atoms with van der Waals surface area (Å²) in [5.74, 6) is 0. The van der Waals surface area contributed by atoms with Crippen LogP contribution in [0, 0.1) is 0 Å². The minimum absolute atomic E-state index is 1.16. The van der Waals surface area contributed by atoms with Crippen LogP contribution in [0.25, 0.3) is 71.9 Å². The predicted octanol–water partition coefficient (Wildman–Crippen LogP) is 9.80. The molecule has 0 aliphatic heterocycles. The van der Waals surface area contributed by atoms with Crippen molar-refractivity contribution < 1.29 is 0 Å². The highest BCUT2D eigenvalue weighted by molar-refractivity contribution is 6.18. The van der Waals surface area contributed by atoms with Crippen LogP contribution in [0.5, 0.6) is 0 Å². The number of fused-ring (bicyclic) bond motifs is 8. The van der Waals surface area contributed by atoms with Gasteiger partial charge in [-0.05, 0) is 60.2 Å². The number of nitrogens with zero attached hydrogens (tertiary/aromatic N) is 3. The lowest BCUT2D eigenvalue weighted by Gasteiger charge is -2.10. The molecule has 3 heterocycles. The lowest BCUT2D eigenvalue weighted by molar-refractivity contribution is 1.15. The molecule has 6 aromatic carbocycles. The van der Waals surface area contributed by atoms with Gasteiger partial charge in [0.15, 0.2) is 0 Å². The molecule has 0 saturated carbocycles. The minimum Gasteiger partial charge on any atom is -0.309 e. The molecule has 0 radical (unpaired) electrons. The summed E-state index contributed by atoms with van der Waals surface area (Å²) in [5.41, 5.74) is 12.0. The molecular weight excluding hydrogens is 498 g/mol. The Morgan fingerprint density at radius 3 is 1.59 bits per heavy atom. The van der Waals surface area contributed by atoms with Crippen LogP contribution in [-0.2, 0) is 0 Å². The Morgan fingerprint density at radius 2 is 0.878 bits per heavy atom. The first-order chi connectivity index (χ1) is 20.4. The van der Waals surface area contributed by atoms with Crippen molar-refractivity contribution in [2.45, 2.75) is 0 Å². The van der Waals surface area contributed by atoms with Crippen LogP contribution in [0.4, 0.5) is 0 Å². The maximum Gasteiger partial charge on any atom is 0.131 e. The zero-order valence-corrected chi connectivity index (χ0v) is 22.3. The molecule has 41 heavy (non-hydrogen) atoms. The molecule has 0 spiro atoms. The van der Waals surface area contributed by atoms with Crippen molar-refractivity contribution >= 4 is 49.4 Å². The van der Waals surface area contributed by atoms with Gasteiger partial charge in [-0.1, -0.05) is 97.1 Å². The van der Waals surface area contributed by atoms with Gasteiger partial charge in [-0.2, -0.15) is 0 Å². The van der Waals surface area contributed by atoms with Crippen molar-refractivity contribution in [1.82, 2.24) is 13.5 Å². The van der Waals surface area contributed by atoms with Crippen molar-refractivity contribution in [3.8, 4) is 22.5 Å². The fourth-order valence-electron chi connectivity index (χ4n) is 6.73. The van der Waals surface area contributed by atoms with E-state index in [1.54, 1.807) is 0 Å². The number of benzene rings is 6. The summed E-state index contributed by atoms with van der Waals surface area (Å²) in [7, 11) is 0. The van der Waals surface area contributed by atoms with Gasteiger partial charge >= 0.3 is 0 Å². The molecule has 0 fully saturated rings. The highest BCUT2D eigenvalue weighted by atomic mass is 15.1. The van der Waals surface area contributed by atoms with Gasteiger partial charge in [0.2, 0.25) is 0 Å². The molecule has 0 unspecified atom stereocenters. The van der Waals surface area contributed by atoms with Gasteiger partial charge in [0.05, 0.1) is 27.6 Å². The average molecular weight is 524 g/mol. The summed E-state index contributed by atoms with van der Waals surface area (Å²) in [6.07, 6.45) is 0. The van der Waals surface area contributed by atoms with E-state index >= 15 is 0 Å². The smallest absolute Gasteiger partial charge is 0.131 e. The molecule has 3 heteroatoms. The van der Waals surface area contributed by atoms with Crippen LogP contribution in [0.2, 0.25) is 0 Å². The molecule has 9 aromatic rings. The molecule has 0 saturated heterocycles. The van der Waals surface area contributed by atoms with Gasteiger partial charge in [-0.15, -0.1) is 0 Å². The van der Waals surface area contributed by atoms with Crippen LogP contribution >= 0.6 is 0 Å². The zero-order valence-electron chi connectivity index (χ0n) is 22.3. The first-order valence-electron chi connectivity index (χ1n) is 14.1. The largest absolute Gasteiger partial charge is 0.309 e. The standard InChI is InChI=1S/C38H25N3/c1-4-14-26(15-5-1)37-31-25-35-30(29-20-10-11-21-32(29)39(35)27-16-6-2-7-17-27)24-36(31)41-34-23-13-12-22-33(34)40(38(37)41)28-18-8-3-9-19-28/h1-25H. The molecular formula is C38H25N3. The number of rotatable bonds is 3. The molecule has 0 bridgehead atoms. The fraction of sp³-hybridized carbons (Fsp3) is 0. The van der Waals surface area contributed by atoms with E-state index in [0.717, 1.165) is 5.69 Å². The molecule has 0 atom stereocenters. The lowest BCUT2D eigenvalue weighted by atomic mass is 10.0. The Kier molecular flexibility index (Phi) is 4.61. The van der Waals surface area contributed by atoms with Crippen molar-refractivity contribution in [2.24, 2.45) is 0 Å². The molecule has 0 aliphatic carbocycles. The van der Waals surface area contributed by atoms with E-state index in [2.05, 4.69) is 165 Å². The summed E-state index contributed by atoms with van der Waals surface area (Å²) in [5, 5.41) is 3.76. The van der Waals surface area contributed by atoms with E-state index in [9.17, 15) is 0 Å². The average Bonchev–Trinajstić information content (AvgIpc) is 3.66. The number of hydrogen-bond donors (Lipinski definition) is 0. The van der Waals surface area contributed by atoms with Gasteiger partial charge in [0.25, 0.3) is 0 Å². The Morgan fingerprint density at radius 1 is 0.341 bits per heavy atom. The molecule has 9 rings (SSSR count). The molecule has 3 aromatic heterocycles. The van der Waals surface area contributed by atoms with Crippen LogP contribution in [0.1, 0.15) is 0 Å². The van der Waals surface area contributed by atoms with Crippen LogP contribution in [0.15, 0.2) is 152 Å². The summed E-state index contributed by atoms with van der Waals surface area (Å²) in [4.78, 5) is 0. The van der Waals surface area contributed by atoms with Crippen molar-refractivity contribution in [3.63, 3.8) is 0 Å². The number of para-hydroxylation sites is 5. The Bertz CT molecular complexity index is 2390. The third-order valence-corrected chi connectivity index (χ3v) is 8.40. The zero-order chi connectivity index (χ0) is 26.9. The van der Waals surface area contributed by atoms with E-state index < -0.39 is 0 Å². The normalized spacial score (nSPS) is 11.9. The van der Waals surface area contributed by atoms with E-state index in [-0.39, 0.29) is 0 Å². The van der Waals surface area contributed by atoms with E-state index in [1.165, 1.54) is 66.2 Å². The minimum atomic E-state index is 1.16. The summed E-state index contributed by atoms with van der Waals surface area (Å²) < 4.78 is 7.30. The van der Waals surface area contributed by atoms with Gasteiger partial charge < -0.3 is 4.57 Å². The number of hydrogen-bond acceptors (Lipinski definition) is 0. The fourth-order valence-corrected chi connectivity index (χ4v) is 6.73. The SMILES string of the molecule is c1ccc(-c2c3cc4c(cc3n3c5ccccc5n(-c5ccccc5)c23)c2ccccc2n4-c2ccccc2)cc1. The number of imidazole rings is 1. The van der Waals surface area contributed by atoms with Crippen molar-refractivity contribution in [2.75, 3.05) is 0 Å². The van der Waals surface area contributed by atoms with Crippen molar-refractivity contribution in [3.05, 3.63) is 152 Å². The van der Waals surface area contributed by atoms with Gasteiger partial charge in [0, 0.05) is 33.1 Å². The summed E-state index contributed by atoms with van der Waals surface area (Å²) >= 11 is 0. The second kappa shape index (κ2) is 8.48. The molecule has 192 valence electrons. The lowest BCUT2D eigenvalue weighted by Crippen LogP contribution is -1.95. The first kappa shape index (κ1) is 22.3. The Balaban J connectivity index is 1.55. The Labute approximate surface area is 236 Å². The molecule has 0 aliphatic rings. The molecule has 0 N–H and O–H groups in total. The maximum absolute atomic E-state index is 2.47. The second-order valence-electron chi connectivity index (χ2n) is 10.6. The van der Waals surface area contributed by atoms with E-state index in [0.29, 0.717) is 0 Å². The maximum atomic E-state index is 2.47. The highest BCUT2D eigenvalue weighted by Gasteiger charge is 2.24. The predicted molar refractivity (Wildman–Crippen MR) is 172 cm³/mol. The van der Waals surface area contributed by atoms with Crippen molar-refractivity contribution in [1.29, 1.82) is 0 Å². The van der Waals surface area contributed by atoms with Gasteiger partial charge in [-0.3, -0.25) is 8.97 Å². The van der Waals surface area contributed by atoms with Crippen LogP contribution in [0.3, 0.4) is 0 Å². The van der Waals surface area contributed by atoms with Gasteiger partial charge in [0.1, 0.15) is 5.65 Å². The highest BCUT2D eigenvalue weighted by Crippen LogP contribution is 2.44. The topological polar surface area (TPSA) is 14.3 Å². The quantitative estimate of drug-likeness (QED) is 0.219. The second-order valence-corrected chi connectivity index (χ2v) is 10.6. The van der Waals surface area contributed by atoms with E-state index in [4.69, 9.17) is 0 Å². The monoisotopic (exact) mass is 523 g/mol. The van der Waals surface area contributed by atoms with Crippen LogP contribution < -0.4 is 0 Å². The third kappa shape index (κ3) is 3.09. The third-order valence-electron chi connectivity index (χ3n) is 8.40. The number of aromatic nitrogens is 3. The first-order valence-corrected chi connectivity index (χ1v) is 14.1. The summed E-state index contributed by atoms with van der Waals surface area (Å²) in [6.45, 7) is 0. The van der Waals surface area contributed by atoms with E-state index in [1.807, 2.05) is 0 Å². The van der Waals surface area contributed by atoms with Gasteiger partial charge in [-0.25, -0.2) is 0 Å². The molecule has 3 nitrogen and oxygen atoms in total.